The van der Waals surface area contributed by atoms with Gasteiger partial charge >= 0.3 is 0 Å². The fourth-order valence-corrected chi connectivity index (χ4v) is 7.53. The lowest BCUT2D eigenvalue weighted by Crippen LogP contribution is -2.56. The predicted molar refractivity (Wildman–Crippen MR) is 134 cm³/mol. The lowest BCUT2D eigenvalue weighted by molar-refractivity contribution is -0.132. The molecule has 2 saturated heterocycles. The lowest BCUT2D eigenvalue weighted by Gasteiger charge is -2.43. The van der Waals surface area contributed by atoms with Crippen molar-refractivity contribution in [3.8, 4) is 0 Å². The fourth-order valence-electron chi connectivity index (χ4n) is 5.58. The van der Waals surface area contributed by atoms with E-state index in [9.17, 15) is 26.7 Å². The molecule has 0 spiro atoms. The van der Waals surface area contributed by atoms with Gasteiger partial charge in [-0.3, -0.25) is 4.79 Å². The summed E-state index contributed by atoms with van der Waals surface area (Å²) in [6.07, 6.45) is 2.95. The Balaban J connectivity index is 1.55. The van der Waals surface area contributed by atoms with Crippen molar-refractivity contribution >= 4 is 37.3 Å². The second-order valence-electron chi connectivity index (χ2n) is 11.3. The minimum absolute atomic E-state index is 0.0375. The van der Waals surface area contributed by atoms with Gasteiger partial charge in [-0.2, -0.15) is 8.42 Å². The number of aliphatic hydroxyl groups excluding tert-OH is 1. The van der Waals surface area contributed by atoms with E-state index in [0.717, 1.165) is 25.5 Å². The van der Waals surface area contributed by atoms with Crippen molar-refractivity contribution < 1.29 is 31.5 Å². The monoisotopic (exact) mass is 537 g/mol. The minimum atomic E-state index is -4.27. The number of benzene rings is 1. The second-order valence-corrected chi connectivity index (χ2v) is 15.0. The van der Waals surface area contributed by atoms with Gasteiger partial charge in [-0.25, -0.2) is 8.42 Å². The standard InChI is InChI=1S/C24H31N3O7S2/c1-24(2,3)9-10-27-20-16-8-7-15(34-16)18(20)21(28)19(23(27)29)22-25-14-6-5-13(12-35(4,30)31)11-17(14)36(32,33)26-22/h5-6,11,15-16,18,20,28H,7-10,12H2,1-4H3,(H,25,26). The third-order valence-electron chi connectivity index (χ3n) is 7.20. The van der Waals surface area contributed by atoms with E-state index in [4.69, 9.17) is 4.74 Å². The zero-order valence-corrected chi connectivity index (χ0v) is 22.3. The van der Waals surface area contributed by atoms with Crippen LogP contribution >= 0.6 is 0 Å². The molecule has 2 bridgehead atoms. The zero-order chi connectivity index (χ0) is 26.2. The van der Waals surface area contributed by atoms with Crippen LogP contribution in [0.3, 0.4) is 0 Å². The quantitative estimate of drug-likeness (QED) is 0.583. The molecule has 0 saturated carbocycles. The summed E-state index contributed by atoms with van der Waals surface area (Å²) in [6, 6.07) is 3.94. The predicted octanol–water partition coefficient (Wildman–Crippen LogP) is 2.38. The number of ether oxygens (including phenoxy) is 1. The molecule has 12 heteroatoms. The Labute approximate surface area is 211 Å². The van der Waals surface area contributed by atoms with E-state index in [2.05, 4.69) is 30.5 Å². The van der Waals surface area contributed by atoms with Crippen molar-refractivity contribution in [2.45, 2.75) is 68.9 Å². The van der Waals surface area contributed by atoms with Crippen molar-refractivity contribution in [2.75, 3.05) is 18.1 Å². The summed E-state index contributed by atoms with van der Waals surface area (Å²) in [6.45, 7) is 6.69. The number of carbonyl (C=O) groups is 1. The van der Waals surface area contributed by atoms with Crippen LogP contribution in [-0.2, 0) is 35.1 Å². The molecule has 4 atom stereocenters. The van der Waals surface area contributed by atoms with Gasteiger partial charge in [-0.05, 0) is 42.4 Å². The number of sulfone groups is 1. The number of amides is 1. The molecule has 0 aromatic heterocycles. The summed E-state index contributed by atoms with van der Waals surface area (Å²) in [5.74, 6) is -1.66. The van der Waals surface area contributed by atoms with E-state index in [0.29, 0.717) is 12.1 Å². The van der Waals surface area contributed by atoms with Crippen LogP contribution in [0.4, 0.5) is 5.69 Å². The molecule has 5 rings (SSSR count). The van der Waals surface area contributed by atoms with Gasteiger partial charge in [0, 0.05) is 12.8 Å². The van der Waals surface area contributed by atoms with Crippen LogP contribution in [0, 0.1) is 11.3 Å². The van der Waals surface area contributed by atoms with Crippen LogP contribution in [0.5, 0.6) is 0 Å². The third-order valence-corrected chi connectivity index (χ3v) is 9.37. The van der Waals surface area contributed by atoms with Gasteiger partial charge in [-0.15, -0.1) is 4.40 Å². The number of sulfonamides is 1. The van der Waals surface area contributed by atoms with Gasteiger partial charge in [0.05, 0.1) is 35.6 Å². The molecule has 1 aromatic carbocycles. The SMILES string of the molecule is CC(C)(C)CCN1C(=O)C(C2=NS(=O)(=O)c3cc(CS(C)(=O)=O)ccc3N2)=C(O)C2C3CCC(O3)C21. The molecule has 4 heterocycles. The summed E-state index contributed by atoms with van der Waals surface area (Å²) in [5, 5.41) is 14.2. The summed E-state index contributed by atoms with van der Waals surface area (Å²) in [4.78, 5) is 15.3. The number of amidine groups is 1. The van der Waals surface area contributed by atoms with E-state index in [1.54, 1.807) is 4.90 Å². The van der Waals surface area contributed by atoms with E-state index in [1.165, 1.54) is 18.2 Å². The normalized spacial score (nSPS) is 29.1. The molecule has 36 heavy (non-hydrogen) atoms. The number of anilines is 1. The number of carbonyl (C=O) groups excluding carboxylic acids is 1. The van der Waals surface area contributed by atoms with Gasteiger partial charge in [0.2, 0.25) is 0 Å². The number of fused-ring (bicyclic) bond motifs is 6. The zero-order valence-electron chi connectivity index (χ0n) is 20.7. The highest BCUT2D eigenvalue weighted by molar-refractivity contribution is 7.90. The Morgan fingerprint density at radius 3 is 2.58 bits per heavy atom. The first-order valence-corrected chi connectivity index (χ1v) is 15.5. The third kappa shape index (κ3) is 4.43. The first-order valence-electron chi connectivity index (χ1n) is 12.0. The van der Waals surface area contributed by atoms with E-state index < -0.39 is 31.7 Å². The lowest BCUT2D eigenvalue weighted by atomic mass is 9.77. The number of aliphatic hydroxyl groups is 1. The van der Waals surface area contributed by atoms with Crippen LogP contribution < -0.4 is 5.32 Å². The molecule has 0 radical (unpaired) electrons. The van der Waals surface area contributed by atoms with Gasteiger partial charge in [0.1, 0.15) is 16.2 Å². The molecule has 2 fully saturated rings. The molecule has 4 aliphatic heterocycles. The molecule has 1 amide bonds. The summed E-state index contributed by atoms with van der Waals surface area (Å²) in [7, 11) is -7.64. The summed E-state index contributed by atoms with van der Waals surface area (Å²) >= 11 is 0. The Morgan fingerprint density at radius 2 is 1.92 bits per heavy atom. The fraction of sp³-hybridized carbons (Fsp3) is 0.583. The largest absolute Gasteiger partial charge is 0.511 e. The van der Waals surface area contributed by atoms with Crippen molar-refractivity contribution in [2.24, 2.45) is 15.7 Å². The van der Waals surface area contributed by atoms with Crippen molar-refractivity contribution in [1.29, 1.82) is 0 Å². The average molecular weight is 538 g/mol. The topological polar surface area (TPSA) is 142 Å². The van der Waals surface area contributed by atoms with E-state index in [1.807, 2.05) is 0 Å². The van der Waals surface area contributed by atoms with Crippen molar-refractivity contribution in [3.05, 3.63) is 35.1 Å². The Bertz CT molecular complexity index is 1410. The van der Waals surface area contributed by atoms with Crippen LogP contribution in [0.1, 0.15) is 45.6 Å². The van der Waals surface area contributed by atoms with Crippen molar-refractivity contribution in [1.82, 2.24) is 4.90 Å². The maximum atomic E-state index is 13.8. The molecular formula is C24H31N3O7S2. The molecule has 196 valence electrons. The maximum Gasteiger partial charge on any atom is 0.286 e. The molecule has 2 N–H and O–H groups in total. The van der Waals surface area contributed by atoms with Crippen LogP contribution in [0.25, 0.3) is 0 Å². The van der Waals surface area contributed by atoms with Gasteiger partial charge in [-0.1, -0.05) is 26.8 Å². The first kappa shape index (κ1) is 25.2. The van der Waals surface area contributed by atoms with E-state index in [-0.39, 0.29) is 57.2 Å². The van der Waals surface area contributed by atoms with Gasteiger partial charge < -0.3 is 20.1 Å². The van der Waals surface area contributed by atoms with Gasteiger partial charge in [0.15, 0.2) is 15.7 Å². The average Bonchev–Trinajstić information content (AvgIpc) is 3.34. The van der Waals surface area contributed by atoms with Gasteiger partial charge in [0.25, 0.3) is 15.9 Å². The maximum absolute atomic E-state index is 13.8. The van der Waals surface area contributed by atoms with Crippen molar-refractivity contribution in [3.63, 3.8) is 0 Å². The Morgan fingerprint density at radius 1 is 1.22 bits per heavy atom. The number of hydrogen-bond donors (Lipinski definition) is 2. The van der Waals surface area contributed by atoms with Crippen LogP contribution in [0.2, 0.25) is 0 Å². The highest BCUT2D eigenvalue weighted by Crippen LogP contribution is 2.48. The van der Waals surface area contributed by atoms with Crippen LogP contribution in [0.15, 0.2) is 38.8 Å². The summed E-state index contributed by atoms with van der Waals surface area (Å²) in [5.41, 5.74) is 0.282. The second kappa shape index (κ2) is 8.29. The number of hydrogen-bond acceptors (Lipinski definition) is 8. The molecular weight excluding hydrogens is 506 g/mol. The highest BCUT2D eigenvalue weighted by Gasteiger charge is 2.58. The van der Waals surface area contributed by atoms with E-state index >= 15 is 0 Å². The molecule has 4 aliphatic rings. The molecule has 10 nitrogen and oxygen atoms in total. The number of nitrogens with one attached hydrogen (secondary N) is 1. The number of nitrogens with zero attached hydrogens (tertiary/aromatic N) is 2. The Kier molecular flexibility index (Phi) is 5.80. The highest BCUT2D eigenvalue weighted by atomic mass is 32.2. The smallest absolute Gasteiger partial charge is 0.286 e. The first-order chi connectivity index (χ1) is 16.6. The number of rotatable bonds is 5. The van der Waals surface area contributed by atoms with Crippen LogP contribution in [-0.4, -0.2) is 69.6 Å². The Hall–Kier alpha value is -2.44. The minimum Gasteiger partial charge on any atom is -0.511 e. The molecule has 0 aliphatic carbocycles. The molecule has 1 aromatic rings. The molecule has 4 unspecified atom stereocenters. The summed E-state index contributed by atoms with van der Waals surface area (Å²) < 4.78 is 59.5.